The number of aliphatic hydroxyl groups is 1. The van der Waals surface area contributed by atoms with Crippen LogP contribution < -0.4 is 0 Å². The number of fused-ring (bicyclic) bond motifs is 4. The third-order valence-corrected chi connectivity index (χ3v) is 7.02. The summed E-state index contributed by atoms with van der Waals surface area (Å²) in [5, 5.41) is 10.8. The van der Waals surface area contributed by atoms with Crippen LogP contribution in [0.3, 0.4) is 0 Å². The maximum absolute atomic E-state index is 12.4. The van der Waals surface area contributed by atoms with Crippen molar-refractivity contribution >= 4 is 11.9 Å². The molecule has 1 N–H and O–H groups in total. The van der Waals surface area contributed by atoms with Crippen LogP contribution in [-0.4, -0.2) is 47.6 Å². The summed E-state index contributed by atoms with van der Waals surface area (Å²) in [6.07, 6.45) is 2.00. The normalized spacial score (nSPS) is 47.2. The van der Waals surface area contributed by atoms with E-state index in [1.807, 2.05) is 6.92 Å². The third-order valence-electron chi connectivity index (χ3n) is 7.02. The predicted octanol–water partition coefficient (Wildman–Crippen LogP) is 1.91. The number of allylic oxidation sites excluding steroid dienone is 1. The Morgan fingerprint density at radius 2 is 2.15 bits per heavy atom. The zero-order valence-electron chi connectivity index (χ0n) is 15.5. The summed E-state index contributed by atoms with van der Waals surface area (Å²) < 4.78 is 17.4. The number of epoxide rings is 1. The van der Waals surface area contributed by atoms with E-state index >= 15 is 0 Å². The van der Waals surface area contributed by atoms with Gasteiger partial charge in [0, 0.05) is 22.5 Å². The van der Waals surface area contributed by atoms with E-state index in [1.165, 1.54) is 0 Å². The van der Waals surface area contributed by atoms with Crippen molar-refractivity contribution in [2.24, 2.45) is 17.3 Å². The van der Waals surface area contributed by atoms with Crippen LogP contribution in [0, 0.1) is 17.3 Å². The van der Waals surface area contributed by atoms with Crippen molar-refractivity contribution in [1.29, 1.82) is 0 Å². The van der Waals surface area contributed by atoms with E-state index in [-0.39, 0.29) is 23.6 Å². The first-order valence-corrected chi connectivity index (χ1v) is 9.29. The number of hydrogen-bond acceptors (Lipinski definition) is 6. The quantitative estimate of drug-likeness (QED) is 0.459. The molecule has 142 valence electrons. The molecule has 2 saturated carbocycles. The van der Waals surface area contributed by atoms with Gasteiger partial charge in [-0.25, -0.2) is 9.59 Å². The van der Waals surface area contributed by atoms with Crippen LogP contribution in [0.2, 0.25) is 0 Å². The van der Waals surface area contributed by atoms with E-state index in [9.17, 15) is 14.7 Å². The molecule has 6 heteroatoms. The predicted molar refractivity (Wildman–Crippen MR) is 92.0 cm³/mol. The van der Waals surface area contributed by atoms with Crippen molar-refractivity contribution in [3.8, 4) is 0 Å². The van der Waals surface area contributed by atoms with Gasteiger partial charge in [-0.3, -0.25) is 0 Å². The van der Waals surface area contributed by atoms with Crippen molar-refractivity contribution in [3.05, 3.63) is 23.8 Å². The highest BCUT2D eigenvalue weighted by Crippen LogP contribution is 2.63. The minimum absolute atomic E-state index is 0.121. The topological polar surface area (TPSA) is 85.4 Å². The van der Waals surface area contributed by atoms with Crippen LogP contribution in [0.4, 0.5) is 0 Å². The minimum Gasteiger partial charge on any atom is -0.458 e. The molecule has 0 aromatic carbocycles. The van der Waals surface area contributed by atoms with Gasteiger partial charge in [0.25, 0.3) is 0 Å². The van der Waals surface area contributed by atoms with Crippen LogP contribution in [0.1, 0.15) is 40.0 Å². The fraction of sp³-hybridized carbons (Fsp3) is 0.700. The van der Waals surface area contributed by atoms with Crippen LogP contribution in [0.15, 0.2) is 23.8 Å². The van der Waals surface area contributed by atoms with Crippen molar-refractivity contribution in [1.82, 2.24) is 0 Å². The summed E-state index contributed by atoms with van der Waals surface area (Å²) in [4.78, 5) is 24.5. The van der Waals surface area contributed by atoms with Gasteiger partial charge in [0.05, 0.1) is 24.2 Å². The van der Waals surface area contributed by atoms with Gasteiger partial charge >= 0.3 is 11.9 Å². The molecule has 2 saturated heterocycles. The van der Waals surface area contributed by atoms with Gasteiger partial charge in [-0.1, -0.05) is 19.6 Å². The number of aliphatic hydroxyl groups excluding tert-OH is 1. The lowest BCUT2D eigenvalue weighted by Gasteiger charge is -2.56. The molecule has 1 spiro atoms. The molecule has 2 aliphatic carbocycles. The molecule has 0 aromatic heterocycles. The first-order chi connectivity index (χ1) is 12.2. The van der Waals surface area contributed by atoms with Crippen molar-refractivity contribution in [2.45, 2.75) is 63.9 Å². The second-order valence-corrected chi connectivity index (χ2v) is 8.43. The Bertz CT molecular complexity index is 705. The highest BCUT2D eigenvalue weighted by atomic mass is 16.6. The average molecular weight is 362 g/mol. The summed E-state index contributed by atoms with van der Waals surface area (Å²) in [7, 11) is 0. The number of carbonyl (C=O) groups is 2. The van der Waals surface area contributed by atoms with E-state index in [4.69, 9.17) is 14.2 Å². The molecule has 2 aliphatic heterocycles. The van der Waals surface area contributed by atoms with E-state index in [1.54, 1.807) is 19.9 Å². The summed E-state index contributed by atoms with van der Waals surface area (Å²) in [6.45, 7) is 10.00. The first kappa shape index (κ1) is 17.7. The standard InChI is InChI=1S/C20H26O6/c1-5-10(2)17(22)25-13-6-7-20(9-24-20)16-15-14(11(3)18(23)26-15)12(21)8-19(13,16)4/h5,12-16,21H,3,6-9H2,1-2,4H3/b10-5+/t12-,13-,14+,15-,16+,19-,20-/m0/s1. The molecule has 26 heavy (non-hydrogen) atoms. The highest BCUT2D eigenvalue weighted by molar-refractivity contribution is 5.91. The van der Waals surface area contributed by atoms with Crippen molar-refractivity contribution in [3.63, 3.8) is 0 Å². The first-order valence-electron chi connectivity index (χ1n) is 9.29. The van der Waals surface area contributed by atoms with Crippen LogP contribution in [-0.2, 0) is 23.8 Å². The van der Waals surface area contributed by atoms with Crippen LogP contribution >= 0.6 is 0 Å². The Hall–Kier alpha value is -1.66. The second kappa shape index (κ2) is 5.67. The van der Waals surface area contributed by atoms with Crippen molar-refractivity contribution < 1.29 is 28.9 Å². The van der Waals surface area contributed by atoms with Gasteiger partial charge in [0.2, 0.25) is 0 Å². The van der Waals surface area contributed by atoms with E-state index in [0.717, 1.165) is 6.42 Å². The molecule has 7 atom stereocenters. The van der Waals surface area contributed by atoms with Gasteiger partial charge < -0.3 is 19.3 Å². The molecule has 2 heterocycles. The van der Waals surface area contributed by atoms with Crippen LogP contribution in [0.5, 0.6) is 0 Å². The summed E-state index contributed by atoms with van der Waals surface area (Å²) in [5.41, 5.74) is 0.0257. The maximum atomic E-state index is 12.4. The fourth-order valence-corrected chi connectivity index (χ4v) is 5.46. The molecule has 0 aromatic rings. The largest absolute Gasteiger partial charge is 0.458 e. The lowest BCUT2D eigenvalue weighted by Crippen LogP contribution is -2.63. The Balaban J connectivity index is 1.70. The Morgan fingerprint density at radius 3 is 2.77 bits per heavy atom. The molecule has 4 aliphatic rings. The lowest BCUT2D eigenvalue weighted by atomic mass is 9.51. The summed E-state index contributed by atoms with van der Waals surface area (Å²) in [6, 6.07) is 0. The van der Waals surface area contributed by atoms with Gasteiger partial charge in [0.1, 0.15) is 12.2 Å². The molecule has 4 rings (SSSR count). The number of carbonyl (C=O) groups excluding carboxylic acids is 2. The van der Waals surface area contributed by atoms with Gasteiger partial charge in [0.15, 0.2) is 0 Å². The highest BCUT2D eigenvalue weighted by Gasteiger charge is 2.72. The Kier molecular flexibility index (Phi) is 3.87. The third kappa shape index (κ3) is 2.31. The number of ether oxygens (including phenoxy) is 3. The average Bonchev–Trinajstić information content (AvgIpc) is 3.29. The number of rotatable bonds is 2. The zero-order chi connectivity index (χ0) is 18.9. The number of esters is 2. The Morgan fingerprint density at radius 1 is 1.46 bits per heavy atom. The zero-order valence-corrected chi connectivity index (χ0v) is 15.5. The smallest absolute Gasteiger partial charge is 0.334 e. The number of hydrogen-bond donors (Lipinski definition) is 1. The van der Waals surface area contributed by atoms with Crippen molar-refractivity contribution in [2.75, 3.05) is 6.61 Å². The molecular weight excluding hydrogens is 336 g/mol. The molecule has 0 bridgehead atoms. The molecule has 6 nitrogen and oxygen atoms in total. The van der Waals surface area contributed by atoms with E-state index in [0.29, 0.717) is 30.6 Å². The van der Waals surface area contributed by atoms with Gasteiger partial charge in [-0.2, -0.15) is 0 Å². The fourth-order valence-electron chi connectivity index (χ4n) is 5.46. The van der Waals surface area contributed by atoms with Gasteiger partial charge in [-0.05, 0) is 33.1 Å². The van der Waals surface area contributed by atoms with E-state index < -0.39 is 29.5 Å². The second-order valence-electron chi connectivity index (χ2n) is 8.43. The van der Waals surface area contributed by atoms with E-state index in [2.05, 4.69) is 6.58 Å². The monoisotopic (exact) mass is 362 g/mol. The lowest BCUT2D eigenvalue weighted by molar-refractivity contribution is -0.202. The molecule has 0 amide bonds. The molecule has 0 radical (unpaired) electrons. The summed E-state index contributed by atoms with van der Waals surface area (Å²) >= 11 is 0. The SMILES string of the molecule is C=C1C(=O)O[C@H]2[C@H]1[C@@H](O)C[C@@]1(C)[C@@H](OC(=O)/C(C)=C/C)CC[C@]3(CO3)[C@H]21. The summed E-state index contributed by atoms with van der Waals surface area (Å²) in [5.74, 6) is -1.31. The minimum atomic E-state index is -0.752. The molecular formula is C20H26O6. The van der Waals surface area contributed by atoms with Gasteiger partial charge in [-0.15, -0.1) is 0 Å². The molecule has 0 unspecified atom stereocenters. The van der Waals surface area contributed by atoms with Crippen LogP contribution in [0.25, 0.3) is 0 Å². The molecule has 4 fully saturated rings. The maximum Gasteiger partial charge on any atom is 0.334 e. The Labute approximate surface area is 153 Å².